The maximum Gasteiger partial charge on any atom is 0.307 e. The predicted molar refractivity (Wildman–Crippen MR) is 59.8 cm³/mol. The molecule has 0 unspecified atom stereocenters. The summed E-state index contributed by atoms with van der Waals surface area (Å²) in [6.07, 6.45) is 3.14. The zero-order valence-corrected chi connectivity index (χ0v) is 8.70. The number of carboxylic acid groups (broad SMARTS) is 1. The molecule has 1 aromatic carbocycles. The monoisotopic (exact) mass is 235 g/mol. The van der Waals surface area contributed by atoms with Crippen LogP contribution in [0.25, 0.3) is 6.08 Å². The second-order valence-corrected chi connectivity index (χ2v) is 3.19. The van der Waals surface area contributed by atoms with Gasteiger partial charge in [0.05, 0.1) is 16.9 Å². The van der Waals surface area contributed by atoms with Crippen molar-refractivity contribution in [1.29, 1.82) is 0 Å². The van der Waals surface area contributed by atoms with Crippen molar-refractivity contribution in [2.24, 2.45) is 0 Å². The Hall–Kier alpha value is -2.50. The van der Waals surface area contributed by atoms with Gasteiger partial charge >= 0.3 is 5.97 Å². The zero-order chi connectivity index (χ0) is 12.8. The van der Waals surface area contributed by atoms with Crippen LogP contribution in [0.3, 0.4) is 0 Å². The van der Waals surface area contributed by atoms with Gasteiger partial charge in [0.25, 0.3) is 5.69 Å². The summed E-state index contributed by atoms with van der Waals surface area (Å²) in [5.41, 5.74) is 0.238. The van der Waals surface area contributed by atoms with Crippen molar-refractivity contribution < 1.29 is 19.6 Å². The lowest BCUT2D eigenvalue weighted by Crippen LogP contribution is -1.94. The van der Waals surface area contributed by atoms with Gasteiger partial charge in [-0.05, 0) is 17.7 Å². The molecule has 0 heterocycles. The zero-order valence-electron chi connectivity index (χ0n) is 8.70. The first-order chi connectivity index (χ1) is 8.04. The Morgan fingerprint density at radius 1 is 1.47 bits per heavy atom. The fourth-order valence-electron chi connectivity index (χ4n) is 1.23. The Morgan fingerprint density at radius 3 is 2.71 bits per heavy atom. The summed E-state index contributed by atoms with van der Waals surface area (Å²) >= 11 is 0. The molecule has 0 aromatic heterocycles. The van der Waals surface area contributed by atoms with Crippen LogP contribution in [0.2, 0.25) is 0 Å². The smallest absolute Gasteiger partial charge is 0.307 e. The molecule has 0 saturated carbocycles. The van der Waals surface area contributed by atoms with E-state index in [9.17, 15) is 19.7 Å². The van der Waals surface area contributed by atoms with Gasteiger partial charge in [-0.25, -0.2) is 0 Å². The van der Waals surface area contributed by atoms with Crippen molar-refractivity contribution in [3.63, 3.8) is 0 Å². The Kier molecular flexibility index (Phi) is 4.10. The molecule has 0 aliphatic rings. The fraction of sp³-hybridized carbons (Fsp3) is 0.0909. The molecule has 17 heavy (non-hydrogen) atoms. The van der Waals surface area contributed by atoms with Gasteiger partial charge in [0.1, 0.15) is 0 Å². The van der Waals surface area contributed by atoms with Crippen LogP contribution in [0, 0.1) is 10.1 Å². The van der Waals surface area contributed by atoms with Crippen LogP contribution in [0.5, 0.6) is 0 Å². The number of carbonyl (C=O) groups excluding carboxylic acids is 1. The van der Waals surface area contributed by atoms with E-state index in [1.165, 1.54) is 30.4 Å². The molecule has 0 aliphatic heterocycles. The van der Waals surface area contributed by atoms with E-state index >= 15 is 0 Å². The highest BCUT2D eigenvalue weighted by atomic mass is 16.6. The number of aldehydes is 1. The van der Waals surface area contributed by atoms with Crippen molar-refractivity contribution in [3.05, 3.63) is 45.5 Å². The summed E-state index contributed by atoms with van der Waals surface area (Å²) in [6.45, 7) is 0. The molecular formula is C11H9NO5. The van der Waals surface area contributed by atoms with Crippen LogP contribution in [0.15, 0.2) is 24.3 Å². The lowest BCUT2D eigenvalue weighted by molar-refractivity contribution is -0.385. The van der Waals surface area contributed by atoms with E-state index in [2.05, 4.69) is 0 Å². The lowest BCUT2D eigenvalue weighted by Gasteiger charge is -1.97. The van der Waals surface area contributed by atoms with Crippen LogP contribution < -0.4 is 0 Å². The third kappa shape index (κ3) is 3.53. The number of carbonyl (C=O) groups is 2. The second kappa shape index (κ2) is 5.55. The van der Waals surface area contributed by atoms with Gasteiger partial charge in [0.2, 0.25) is 0 Å². The molecule has 0 amide bonds. The van der Waals surface area contributed by atoms with Crippen molar-refractivity contribution in [3.8, 4) is 0 Å². The number of aliphatic carboxylic acids is 1. The van der Waals surface area contributed by atoms with Gasteiger partial charge in [0, 0.05) is 6.07 Å². The summed E-state index contributed by atoms with van der Waals surface area (Å²) in [4.78, 5) is 30.8. The van der Waals surface area contributed by atoms with E-state index in [0.29, 0.717) is 11.8 Å². The summed E-state index contributed by atoms with van der Waals surface area (Å²) < 4.78 is 0. The van der Waals surface area contributed by atoms with Gasteiger partial charge in [0.15, 0.2) is 6.29 Å². The normalized spacial score (nSPS) is 10.4. The molecule has 0 saturated heterocycles. The Bertz CT molecular complexity index is 493. The van der Waals surface area contributed by atoms with Crippen LogP contribution in [0.4, 0.5) is 5.69 Å². The average molecular weight is 235 g/mol. The number of nitrogens with zero attached hydrogens (tertiary/aromatic N) is 1. The van der Waals surface area contributed by atoms with E-state index in [1.807, 2.05) is 0 Å². The van der Waals surface area contributed by atoms with Gasteiger partial charge < -0.3 is 5.11 Å². The molecule has 0 bridgehead atoms. The number of nitro groups is 1. The topological polar surface area (TPSA) is 97.5 Å². The van der Waals surface area contributed by atoms with Gasteiger partial charge in [-0.2, -0.15) is 0 Å². The van der Waals surface area contributed by atoms with E-state index in [1.54, 1.807) is 0 Å². The molecular weight excluding hydrogens is 226 g/mol. The molecule has 1 rings (SSSR count). The third-order valence-corrected chi connectivity index (χ3v) is 1.98. The van der Waals surface area contributed by atoms with E-state index in [-0.39, 0.29) is 17.7 Å². The Labute approximate surface area is 96.3 Å². The summed E-state index contributed by atoms with van der Waals surface area (Å²) in [7, 11) is 0. The van der Waals surface area contributed by atoms with Crippen LogP contribution >= 0.6 is 0 Å². The Balaban J connectivity index is 2.97. The molecule has 0 atom stereocenters. The molecule has 1 aromatic rings. The highest BCUT2D eigenvalue weighted by molar-refractivity contribution is 5.83. The molecule has 1 N–H and O–H groups in total. The highest BCUT2D eigenvalue weighted by Crippen LogP contribution is 2.18. The van der Waals surface area contributed by atoms with Crippen LogP contribution in [0.1, 0.15) is 22.3 Å². The molecule has 0 spiro atoms. The first-order valence-corrected chi connectivity index (χ1v) is 4.66. The molecule has 6 nitrogen and oxygen atoms in total. The number of hydrogen-bond donors (Lipinski definition) is 1. The standard InChI is InChI=1S/C11H9NO5/c13-7-9-6-8(2-1-3-11(14)15)4-5-10(9)12(16)17/h1-2,4-7H,3H2,(H,14,15). The minimum absolute atomic E-state index is 0.0347. The van der Waals surface area contributed by atoms with E-state index in [4.69, 9.17) is 5.11 Å². The number of benzene rings is 1. The fourth-order valence-corrected chi connectivity index (χ4v) is 1.23. The minimum Gasteiger partial charge on any atom is -0.481 e. The third-order valence-electron chi connectivity index (χ3n) is 1.98. The predicted octanol–water partition coefficient (Wildman–Crippen LogP) is 1.90. The van der Waals surface area contributed by atoms with Crippen LogP contribution in [-0.4, -0.2) is 22.3 Å². The summed E-state index contributed by atoms with van der Waals surface area (Å²) in [6, 6.07) is 4.00. The van der Waals surface area contributed by atoms with Crippen molar-refractivity contribution >= 4 is 24.0 Å². The van der Waals surface area contributed by atoms with Gasteiger partial charge in [-0.3, -0.25) is 19.7 Å². The number of rotatable bonds is 5. The highest BCUT2D eigenvalue weighted by Gasteiger charge is 2.12. The summed E-state index contributed by atoms with van der Waals surface area (Å²) in [5.74, 6) is -0.973. The Morgan fingerprint density at radius 2 is 2.18 bits per heavy atom. The van der Waals surface area contributed by atoms with Crippen LogP contribution in [-0.2, 0) is 4.79 Å². The van der Waals surface area contributed by atoms with Crippen molar-refractivity contribution in [2.75, 3.05) is 0 Å². The second-order valence-electron chi connectivity index (χ2n) is 3.19. The number of nitro benzene ring substituents is 1. The van der Waals surface area contributed by atoms with Gasteiger partial charge in [-0.15, -0.1) is 0 Å². The average Bonchev–Trinajstić information content (AvgIpc) is 2.28. The first-order valence-electron chi connectivity index (χ1n) is 4.66. The lowest BCUT2D eigenvalue weighted by atomic mass is 10.1. The molecule has 0 radical (unpaired) electrons. The largest absolute Gasteiger partial charge is 0.481 e. The maximum atomic E-state index is 10.6. The number of hydrogen-bond acceptors (Lipinski definition) is 4. The van der Waals surface area contributed by atoms with Crippen molar-refractivity contribution in [1.82, 2.24) is 0 Å². The maximum absolute atomic E-state index is 10.6. The molecule has 6 heteroatoms. The molecule has 0 fully saturated rings. The minimum atomic E-state index is -0.973. The number of carboxylic acids is 1. The SMILES string of the molecule is O=Cc1cc(C=CCC(=O)O)ccc1[N+](=O)[O-]. The van der Waals surface area contributed by atoms with E-state index in [0.717, 1.165) is 0 Å². The first kappa shape index (κ1) is 12.6. The molecule has 0 aliphatic carbocycles. The quantitative estimate of drug-likeness (QED) is 0.477. The van der Waals surface area contributed by atoms with Gasteiger partial charge in [-0.1, -0.05) is 12.2 Å². The molecule has 88 valence electrons. The van der Waals surface area contributed by atoms with E-state index < -0.39 is 10.9 Å². The summed E-state index contributed by atoms with van der Waals surface area (Å²) in [5, 5.41) is 19.0. The van der Waals surface area contributed by atoms with Crippen molar-refractivity contribution in [2.45, 2.75) is 6.42 Å².